The molecule has 0 saturated carbocycles. The van der Waals surface area contributed by atoms with Crippen molar-refractivity contribution in [3.63, 3.8) is 0 Å². The molecule has 0 saturated heterocycles. The number of nitrogens with one attached hydrogen (secondary N) is 1. The molecule has 3 rings (SSSR count). The first kappa shape index (κ1) is 15.8. The van der Waals surface area contributed by atoms with Crippen molar-refractivity contribution in [3.05, 3.63) is 46.5 Å². The van der Waals surface area contributed by atoms with E-state index in [2.05, 4.69) is 20.5 Å². The van der Waals surface area contributed by atoms with E-state index in [1.807, 2.05) is 13.8 Å². The molecule has 0 fully saturated rings. The van der Waals surface area contributed by atoms with Gasteiger partial charge in [0, 0.05) is 29.2 Å². The minimum atomic E-state index is -0.321. The molecule has 5 nitrogen and oxygen atoms in total. The van der Waals surface area contributed by atoms with Gasteiger partial charge in [0.05, 0.1) is 22.8 Å². The Balaban J connectivity index is 1.90. The number of nitrogens with two attached hydrogens (primary N) is 1. The monoisotopic (exact) mass is 331 g/mol. The van der Waals surface area contributed by atoms with Crippen molar-refractivity contribution in [2.75, 3.05) is 5.32 Å². The molecular formula is C16H18FN5S. The SMILES string of the molecule is Cc1c(C[C@H](C)N)sc2c(NCc3ccncc3F)cnnc12. The zero-order valence-electron chi connectivity index (χ0n) is 13.0. The van der Waals surface area contributed by atoms with Crippen molar-refractivity contribution in [2.24, 2.45) is 5.73 Å². The Hall–Kier alpha value is -2.12. The summed E-state index contributed by atoms with van der Waals surface area (Å²) in [6, 6.07) is 1.76. The van der Waals surface area contributed by atoms with Gasteiger partial charge < -0.3 is 11.1 Å². The number of hydrogen-bond donors (Lipinski definition) is 2. The summed E-state index contributed by atoms with van der Waals surface area (Å²) >= 11 is 1.67. The molecular weight excluding hydrogens is 313 g/mol. The molecule has 0 bridgehead atoms. The molecule has 3 aromatic heterocycles. The molecule has 0 radical (unpaired) electrons. The predicted molar refractivity (Wildman–Crippen MR) is 91.0 cm³/mol. The van der Waals surface area contributed by atoms with Crippen LogP contribution in [0.25, 0.3) is 10.2 Å². The average Bonchev–Trinajstić information content (AvgIpc) is 2.83. The van der Waals surface area contributed by atoms with Gasteiger partial charge in [-0.3, -0.25) is 4.98 Å². The first-order valence-corrected chi connectivity index (χ1v) is 8.19. The first-order valence-electron chi connectivity index (χ1n) is 7.37. The van der Waals surface area contributed by atoms with Crippen LogP contribution in [-0.4, -0.2) is 21.2 Å². The summed E-state index contributed by atoms with van der Waals surface area (Å²) in [5.74, 6) is -0.321. The lowest BCUT2D eigenvalue weighted by Gasteiger charge is -2.07. The zero-order valence-corrected chi connectivity index (χ0v) is 13.8. The maximum absolute atomic E-state index is 13.7. The molecule has 0 aromatic carbocycles. The highest BCUT2D eigenvalue weighted by Crippen LogP contribution is 2.34. The molecule has 0 aliphatic carbocycles. The van der Waals surface area contributed by atoms with Gasteiger partial charge in [0.15, 0.2) is 0 Å². The van der Waals surface area contributed by atoms with Gasteiger partial charge in [0.2, 0.25) is 0 Å². The van der Waals surface area contributed by atoms with E-state index in [9.17, 15) is 4.39 Å². The van der Waals surface area contributed by atoms with Crippen LogP contribution in [0.3, 0.4) is 0 Å². The van der Waals surface area contributed by atoms with Crippen LogP contribution in [0.1, 0.15) is 22.9 Å². The Bertz CT molecular complexity index is 830. The summed E-state index contributed by atoms with van der Waals surface area (Å²) in [6.45, 7) is 4.40. The van der Waals surface area contributed by atoms with Gasteiger partial charge in [0.25, 0.3) is 0 Å². The van der Waals surface area contributed by atoms with Gasteiger partial charge in [-0.2, -0.15) is 5.10 Å². The van der Waals surface area contributed by atoms with Crippen molar-refractivity contribution in [2.45, 2.75) is 32.9 Å². The third-order valence-electron chi connectivity index (χ3n) is 3.64. The number of halogens is 1. The predicted octanol–water partition coefficient (Wildman–Crippen LogP) is 3.04. The lowest BCUT2D eigenvalue weighted by molar-refractivity contribution is 0.606. The van der Waals surface area contributed by atoms with Gasteiger partial charge in [-0.1, -0.05) is 0 Å². The van der Waals surface area contributed by atoms with E-state index >= 15 is 0 Å². The summed E-state index contributed by atoms with van der Waals surface area (Å²) in [4.78, 5) is 4.97. The van der Waals surface area contributed by atoms with E-state index < -0.39 is 0 Å². The molecule has 0 spiro atoms. The maximum Gasteiger partial charge on any atom is 0.146 e. The molecule has 7 heteroatoms. The minimum absolute atomic E-state index is 0.0945. The van der Waals surface area contributed by atoms with Gasteiger partial charge in [-0.05, 0) is 31.9 Å². The second-order valence-corrected chi connectivity index (χ2v) is 6.69. The van der Waals surface area contributed by atoms with Crippen LogP contribution in [0.5, 0.6) is 0 Å². The van der Waals surface area contributed by atoms with Crippen LogP contribution in [0, 0.1) is 12.7 Å². The maximum atomic E-state index is 13.7. The quantitative estimate of drug-likeness (QED) is 0.751. The van der Waals surface area contributed by atoms with Crippen LogP contribution in [0.15, 0.2) is 24.7 Å². The van der Waals surface area contributed by atoms with Crippen molar-refractivity contribution < 1.29 is 4.39 Å². The van der Waals surface area contributed by atoms with E-state index in [0.29, 0.717) is 12.1 Å². The number of aryl methyl sites for hydroxylation is 1. The summed E-state index contributed by atoms with van der Waals surface area (Å²) in [5, 5.41) is 11.5. The normalized spacial score (nSPS) is 12.5. The van der Waals surface area contributed by atoms with Gasteiger partial charge in [-0.25, -0.2) is 4.39 Å². The number of nitrogens with zero attached hydrogens (tertiary/aromatic N) is 3. The highest BCUT2D eigenvalue weighted by Gasteiger charge is 2.14. The molecule has 0 aliphatic heterocycles. The van der Waals surface area contributed by atoms with Crippen LogP contribution in [0.4, 0.5) is 10.1 Å². The second kappa shape index (κ2) is 6.55. The van der Waals surface area contributed by atoms with E-state index in [0.717, 1.165) is 27.9 Å². The molecule has 1 atom stereocenters. The number of anilines is 1. The standard InChI is InChI=1S/C16H18FN5S/c1-9(18)5-14-10(2)15-16(23-14)13(8-21-22-15)20-6-11-3-4-19-7-12(11)17/h3-4,7-9H,5-6,18H2,1-2H3,(H,20,22)/t9-/m0/s1. The number of pyridine rings is 1. The van der Waals surface area contributed by atoms with E-state index in [4.69, 9.17) is 5.73 Å². The Morgan fingerprint density at radius 2 is 2.22 bits per heavy atom. The first-order chi connectivity index (χ1) is 11.1. The summed E-state index contributed by atoms with van der Waals surface area (Å²) in [6.07, 6.45) is 5.28. The second-order valence-electron chi connectivity index (χ2n) is 5.59. The van der Waals surface area contributed by atoms with E-state index in [1.165, 1.54) is 11.1 Å². The number of aromatic nitrogens is 3. The van der Waals surface area contributed by atoms with Crippen LogP contribution in [-0.2, 0) is 13.0 Å². The zero-order chi connectivity index (χ0) is 16.4. The van der Waals surface area contributed by atoms with E-state index in [1.54, 1.807) is 29.8 Å². The topological polar surface area (TPSA) is 76.7 Å². The van der Waals surface area contributed by atoms with Crippen molar-refractivity contribution in [1.82, 2.24) is 15.2 Å². The van der Waals surface area contributed by atoms with Crippen molar-refractivity contribution in [1.29, 1.82) is 0 Å². The lowest BCUT2D eigenvalue weighted by Crippen LogP contribution is -2.17. The molecule has 3 aromatic rings. The Morgan fingerprint density at radius 3 is 2.96 bits per heavy atom. The average molecular weight is 331 g/mol. The largest absolute Gasteiger partial charge is 0.378 e. The number of thiophene rings is 1. The summed E-state index contributed by atoms with van der Waals surface area (Å²) in [5.41, 5.74) is 9.33. The number of rotatable bonds is 5. The molecule has 3 heterocycles. The highest BCUT2D eigenvalue weighted by atomic mass is 32.1. The fourth-order valence-electron chi connectivity index (χ4n) is 2.41. The minimum Gasteiger partial charge on any atom is -0.378 e. The van der Waals surface area contributed by atoms with Crippen LogP contribution >= 0.6 is 11.3 Å². The number of hydrogen-bond acceptors (Lipinski definition) is 6. The molecule has 0 aliphatic rings. The Kier molecular flexibility index (Phi) is 4.49. The fourth-order valence-corrected chi connectivity index (χ4v) is 3.78. The third-order valence-corrected chi connectivity index (χ3v) is 4.97. The molecule has 120 valence electrons. The van der Waals surface area contributed by atoms with Crippen molar-refractivity contribution in [3.8, 4) is 0 Å². The summed E-state index contributed by atoms with van der Waals surface area (Å²) in [7, 11) is 0. The number of fused-ring (bicyclic) bond motifs is 1. The Labute approximate surface area is 137 Å². The molecule has 0 unspecified atom stereocenters. The van der Waals surface area contributed by atoms with Crippen LogP contribution < -0.4 is 11.1 Å². The van der Waals surface area contributed by atoms with Gasteiger partial charge in [0.1, 0.15) is 11.3 Å². The van der Waals surface area contributed by atoms with Crippen molar-refractivity contribution >= 4 is 27.2 Å². The fraction of sp³-hybridized carbons (Fsp3) is 0.312. The highest BCUT2D eigenvalue weighted by molar-refractivity contribution is 7.19. The van der Waals surface area contributed by atoms with Gasteiger partial charge >= 0.3 is 0 Å². The Morgan fingerprint density at radius 1 is 1.39 bits per heavy atom. The molecule has 23 heavy (non-hydrogen) atoms. The molecule has 3 N–H and O–H groups in total. The van der Waals surface area contributed by atoms with Crippen LogP contribution in [0.2, 0.25) is 0 Å². The van der Waals surface area contributed by atoms with E-state index in [-0.39, 0.29) is 11.9 Å². The smallest absolute Gasteiger partial charge is 0.146 e. The third kappa shape index (κ3) is 3.30. The summed E-state index contributed by atoms with van der Waals surface area (Å²) < 4.78 is 14.7. The molecule has 0 amide bonds. The lowest BCUT2D eigenvalue weighted by atomic mass is 10.1. The van der Waals surface area contributed by atoms with Gasteiger partial charge in [-0.15, -0.1) is 16.4 Å².